The summed E-state index contributed by atoms with van der Waals surface area (Å²) in [6, 6.07) is 9.66. The highest BCUT2D eigenvalue weighted by Gasteiger charge is 2.39. The number of hydrogen-bond acceptors (Lipinski definition) is 4. The van der Waals surface area contributed by atoms with Crippen molar-refractivity contribution in [3.63, 3.8) is 0 Å². The number of benzene rings is 1. The van der Waals surface area contributed by atoms with Gasteiger partial charge in [-0.3, -0.25) is 9.78 Å². The summed E-state index contributed by atoms with van der Waals surface area (Å²) >= 11 is 0. The lowest BCUT2D eigenvalue weighted by molar-refractivity contribution is -0.121. The van der Waals surface area contributed by atoms with Crippen molar-refractivity contribution < 1.29 is 14.6 Å². The lowest BCUT2D eigenvalue weighted by Crippen LogP contribution is -2.23. The summed E-state index contributed by atoms with van der Waals surface area (Å²) in [6.45, 7) is 0.389. The fourth-order valence-corrected chi connectivity index (χ4v) is 2.81. The Morgan fingerprint density at radius 3 is 2.83 bits per heavy atom. The van der Waals surface area contributed by atoms with Gasteiger partial charge < -0.3 is 15.2 Å². The van der Waals surface area contributed by atoms with Gasteiger partial charge >= 0.3 is 0 Å². The smallest absolute Gasteiger partial charge is 0.220 e. The maximum absolute atomic E-state index is 12.0. The molecule has 1 aromatic heterocycles. The van der Waals surface area contributed by atoms with E-state index in [2.05, 4.69) is 22.4 Å². The van der Waals surface area contributed by atoms with Crippen LogP contribution in [0.5, 0.6) is 11.5 Å². The van der Waals surface area contributed by atoms with Crippen LogP contribution >= 0.6 is 0 Å². The van der Waals surface area contributed by atoms with Gasteiger partial charge in [-0.2, -0.15) is 0 Å². The molecule has 2 atom stereocenters. The first-order valence-electron chi connectivity index (χ1n) is 7.69. The highest BCUT2D eigenvalue weighted by atomic mass is 16.5. The van der Waals surface area contributed by atoms with Gasteiger partial charge in [-0.05, 0) is 47.6 Å². The van der Waals surface area contributed by atoms with E-state index in [9.17, 15) is 9.90 Å². The Morgan fingerprint density at radius 1 is 1.35 bits per heavy atom. The Hall–Kier alpha value is -2.56. The maximum atomic E-state index is 12.0. The SMILES string of the molecule is COc1ccc([C@H]2C[C@@H]2CC(=O)NCc2cncc(O)c2)cc1. The summed E-state index contributed by atoms with van der Waals surface area (Å²) in [4.78, 5) is 15.9. The van der Waals surface area contributed by atoms with Gasteiger partial charge in [-0.25, -0.2) is 0 Å². The van der Waals surface area contributed by atoms with Crippen LogP contribution in [0.15, 0.2) is 42.7 Å². The zero-order valence-corrected chi connectivity index (χ0v) is 13.0. The minimum Gasteiger partial charge on any atom is -0.506 e. The number of rotatable bonds is 6. The maximum Gasteiger partial charge on any atom is 0.220 e. The lowest BCUT2D eigenvalue weighted by atomic mass is 10.1. The molecular formula is C18H20N2O3. The van der Waals surface area contributed by atoms with E-state index >= 15 is 0 Å². The highest BCUT2D eigenvalue weighted by molar-refractivity contribution is 5.76. The molecule has 0 saturated heterocycles. The van der Waals surface area contributed by atoms with Crippen molar-refractivity contribution in [2.75, 3.05) is 7.11 Å². The van der Waals surface area contributed by atoms with Crippen molar-refractivity contribution in [2.45, 2.75) is 25.3 Å². The van der Waals surface area contributed by atoms with E-state index in [4.69, 9.17) is 4.74 Å². The van der Waals surface area contributed by atoms with Gasteiger partial charge in [0.2, 0.25) is 5.91 Å². The molecule has 5 heteroatoms. The van der Waals surface area contributed by atoms with Crippen molar-refractivity contribution in [2.24, 2.45) is 5.92 Å². The van der Waals surface area contributed by atoms with E-state index < -0.39 is 0 Å². The fourth-order valence-electron chi connectivity index (χ4n) is 2.81. The molecule has 0 spiro atoms. The number of nitrogens with zero attached hydrogens (tertiary/aromatic N) is 1. The molecule has 0 aliphatic heterocycles. The first-order valence-corrected chi connectivity index (χ1v) is 7.69. The van der Waals surface area contributed by atoms with Crippen LogP contribution in [0.3, 0.4) is 0 Å². The Kier molecular flexibility index (Phi) is 4.46. The van der Waals surface area contributed by atoms with Crippen LogP contribution in [0.2, 0.25) is 0 Å². The van der Waals surface area contributed by atoms with Crippen LogP contribution in [0, 0.1) is 5.92 Å². The van der Waals surface area contributed by atoms with E-state index in [1.54, 1.807) is 19.4 Å². The molecule has 0 bridgehead atoms. The molecule has 3 rings (SSSR count). The number of methoxy groups -OCH3 is 1. The number of nitrogens with one attached hydrogen (secondary N) is 1. The second-order valence-corrected chi connectivity index (χ2v) is 5.91. The van der Waals surface area contributed by atoms with Crippen molar-refractivity contribution in [3.8, 4) is 11.5 Å². The summed E-state index contributed by atoms with van der Waals surface area (Å²) in [6.07, 6.45) is 4.59. The monoisotopic (exact) mass is 312 g/mol. The normalized spacial score (nSPS) is 19.2. The summed E-state index contributed by atoms with van der Waals surface area (Å²) in [5.74, 6) is 1.87. The average Bonchev–Trinajstić information content (AvgIpc) is 3.32. The number of carbonyl (C=O) groups is 1. The van der Waals surface area contributed by atoms with E-state index in [1.165, 1.54) is 11.8 Å². The summed E-state index contributed by atoms with van der Waals surface area (Å²) in [5.41, 5.74) is 2.06. The van der Waals surface area contributed by atoms with Crippen molar-refractivity contribution in [3.05, 3.63) is 53.9 Å². The zero-order chi connectivity index (χ0) is 16.2. The van der Waals surface area contributed by atoms with E-state index in [-0.39, 0.29) is 11.7 Å². The third kappa shape index (κ3) is 4.00. The summed E-state index contributed by atoms with van der Waals surface area (Å²) in [7, 11) is 1.65. The second kappa shape index (κ2) is 6.69. The molecule has 1 aliphatic rings. The fraction of sp³-hybridized carbons (Fsp3) is 0.333. The van der Waals surface area contributed by atoms with Gasteiger partial charge in [0, 0.05) is 19.2 Å². The van der Waals surface area contributed by atoms with Crippen LogP contribution in [0.1, 0.15) is 29.9 Å². The minimum atomic E-state index is 0.0364. The molecule has 2 N–H and O–H groups in total. The van der Waals surface area contributed by atoms with Crippen molar-refractivity contribution >= 4 is 5.91 Å². The Labute approximate surface area is 135 Å². The van der Waals surface area contributed by atoms with Crippen LogP contribution in [0.25, 0.3) is 0 Å². The summed E-state index contributed by atoms with van der Waals surface area (Å²) in [5, 5.41) is 12.2. The van der Waals surface area contributed by atoms with E-state index in [0.29, 0.717) is 24.8 Å². The average molecular weight is 312 g/mol. The van der Waals surface area contributed by atoms with Crippen LogP contribution in [0.4, 0.5) is 0 Å². The molecule has 1 aliphatic carbocycles. The van der Waals surface area contributed by atoms with Gasteiger partial charge in [-0.15, -0.1) is 0 Å². The molecule has 120 valence electrons. The van der Waals surface area contributed by atoms with Crippen molar-refractivity contribution in [1.29, 1.82) is 0 Å². The number of aromatic hydroxyl groups is 1. The minimum absolute atomic E-state index is 0.0364. The molecule has 1 amide bonds. The van der Waals surface area contributed by atoms with Crippen molar-refractivity contribution in [1.82, 2.24) is 10.3 Å². The third-order valence-electron chi connectivity index (χ3n) is 4.18. The van der Waals surface area contributed by atoms with Gasteiger partial charge in [-0.1, -0.05) is 12.1 Å². The molecule has 1 heterocycles. The quantitative estimate of drug-likeness (QED) is 0.860. The molecule has 23 heavy (non-hydrogen) atoms. The first-order chi connectivity index (χ1) is 11.2. The number of carbonyl (C=O) groups excluding carboxylic acids is 1. The third-order valence-corrected chi connectivity index (χ3v) is 4.18. The van der Waals surface area contributed by atoms with Gasteiger partial charge in [0.15, 0.2) is 0 Å². The topological polar surface area (TPSA) is 71.5 Å². The van der Waals surface area contributed by atoms with Gasteiger partial charge in [0.1, 0.15) is 11.5 Å². The molecule has 2 aromatic rings. The molecule has 0 radical (unpaired) electrons. The Morgan fingerprint density at radius 2 is 2.13 bits per heavy atom. The number of amides is 1. The Balaban J connectivity index is 1.46. The number of ether oxygens (including phenoxy) is 1. The summed E-state index contributed by atoms with van der Waals surface area (Å²) < 4.78 is 5.16. The molecule has 5 nitrogen and oxygen atoms in total. The lowest BCUT2D eigenvalue weighted by Gasteiger charge is -2.06. The molecule has 0 unspecified atom stereocenters. The molecule has 1 fully saturated rings. The van der Waals surface area contributed by atoms with Crippen LogP contribution in [-0.4, -0.2) is 23.1 Å². The largest absolute Gasteiger partial charge is 0.506 e. The molecular weight excluding hydrogens is 292 g/mol. The second-order valence-electron chi connectivity index (χ2n) is 5.91. The van der Waals surface area contributed by atoms with Crippen LogP contribution < -0.4 is 10.1 Å². The molecule has 1 saturated carbocycles. The van der Waals surface area contributed by atoms with E-state index in [0.717, 1.165) is 17.7 Å². The van der Waals surface area contributed by atoms with E-state index in [1.807, 2.05) is 12.1 Å². The highest BCUT2D eigenvalue weighted by Crippen LogP contribution is 2.49. The number of aromatic nitrogens is 1. The standard InChI is InChI=1S/C18H20N2O3/c1-23-16-4-2-13(3-5-16)17-7-14(17)8-18(22)20-10-12-6-15(21)11-19-9-12/h2-6,9,11,14,17,21H,7-8,10H2,1H3,(H,20,22)/t14-,17-/m1/s1. The van der Waals surface area contributed by atoms with Gasteiger partial charge in [0.25, 0.3) is 0 Å². The number of pyridine rings is 1. The Bertz CT molecular complexity index is 685. The zero-order valence-electron chi connectivity index (χ0n) is 13.0. The number of hydrogen-bond donors (Lipinski definition) is 2. The van der Waals surface area contributed by atoms with Crippen LogP contribution in [-0.2, 0) is 11.3 Å². The first kappa shape index (κ1) is 15.3. The molecule has 1 aromatic carbocycles. The predicted molar refractivity (Wildman–Crippen MR) is 86.2 cm³/mol. The predicted octanol–water partition coefficient (Wildman–Crippen LogP) is 2.61. The van der Waals surface area contributed by atoms with Gasteiger partial charge in [0.05, 0.1) is 13.3 Å².